The summed E-state index contributed by atoms with van der Waals surface area (Å²) in [4.78, 5) is 63.1. The summed E-state index contributed by atoms with van der Waals surface area (Å²) in [5, 5.41) is 16.8. The van der Waals surface area contributed by atoms with Crippen LogP contribution < -0.4 is 21.7 Å². The molecule has 0 saturated carbocycles. The molecule has 0 spiro atoms. The minimum absolute atomic E-state index is 0.105. The number of carboxylic acids is 1. The lowest BCUT2D eigenvalue weighted by Gasteiger charge is -2.24. The van der Waals surface area contributed by atoms with Crippen molar-refractivity contribution in [2.75, 3.05) is 36.8 Å². The number of nitrogens with zero attached hydrogens (tertiary/aromatic N) is 2. The van der Waals surface area contributed by atoms with E-state index < -0.39 is 30.4 Å². The van der Waals surface area contributed by atoms with Crippen molar-refractivity contribution in [2.45, 2.75) is 32.2 Å². The number of aryl methyl sites for hydroxylation is 1. The van der Waals surface area contributed by atoms with Crippen molar-refractivity contribution in [2.24, 2.45) is 5.73 Å². The smallest absolute Gasteiger partial charge is 0.323 e. The second-order valence-corrected chi connectivity index (χ2v) is 8.99. The molecule has 1 unspecified atom stereocenters. The zero-order chi connectivity index (χ0) is 27.7. The number of benzene rings is 2. The van der Waals surface area contributed by atoms with E-state index in [1.54, 1.807) is 29.2 Å². The van der Waals surface area contributed by atoms with Gasteiger partial charge in [0, 0.05) is 37.6 Å². The minimum Gasteiger partial charge on any atom is -0.481 e. The number of anilines is 2. The van der Waals surface area contributed by atoms with Crippen LogP contribution in [-0.4, -0.2) is 77.0 Å². The summed E-state index contributed by atoms with van der Waals surface area (Å²) in [5.41, 5.74) is 8.21. The molecule has 6 amide bonds. The number of carbonyl (C=O) groups excluding carboxylic acids is 4. The van der Waals surface area contributed by atoms with Crippen LogP contribution in [0.25, 0.3) is 0 Å². The van der Waals surface area contributed by atoms with E-state index in [4.69, 9.17) is 10.8 Å². The fourth-order valence-corrected chi connectivity index (χ4v) is 4.00. The second kappa shape index (κ2) is 13.1. The van der Waals surface area contributed by atoms with E-state index in [1.165, 1.54) is 4.90 Å². The molecule has 3 rings (SSSR count). The number of primary amides is 1. The van der Waals surface area contributed by atoms with Crippen LogP contribution in [0.2, 0.25) is 0 Å². The van der Waals surface area contributed by atoms with Gasteiger partial charge in [-0.3, -0.25) is 14.4 Å². The molecule has 1 aliphatic rings. The normalized spacial score (nSPS) is 14.1. The molecule has 202 valence electrons. The molecule has 1 atom stereocenters. The predicted octanol–water partition coefficient (Wildman–Crippen LogP) is 1.75. The maximum Gasteiger partial charge on any atom is 0.323 e. The summed E-state index contributed by atoms with van der Waals surface area (Å²) in [5.74, 6) is -2.29. The molecule has 0 bridgehead atoms. The SMILES string of the molecule is Cc1ccccc1NC(=O)Nc1ccc(CC(=O)N2CCCN(C(=O)NC(CC(=O)O)C(N)=O)CC2)cc1. The average molecular weight is 525 g/mol. The first-order chi connectivity index (χ1) is 18.1. The summed E-state index contributed by atoms with van der Waals surface area (Å²) in [6, 6.07) is 12.2. The Kier molecular flexibility index (Phi) is 9.63. The van der Waals surface area contributed by atoms with Gasteiger partial charge in [0.25, 0.3) is 0 Å². The molecule has 6 N–H and O–H groups in total. The highest BCUT2D eigenvalue weighted by atomic mass is 16.4. The number of carbonyl (C=O) groups is 5. The van der Waals surface area contributed by atoms with E-state index >= 15 is 0 Å². The topological polar surface area (TPSA) is 174 Å². The first kappa shape index (κ1) is 28.0. The molecular weight excluding hydrogens is 492 g/mol. The zero-order valence-corrected chi connectivity index (χ0v) is 21.1. The molecule has 0 aromatic heterocycles. The van der Waals surface area contributed by atoms with Gasteiger partial charge in [-0.2, -0.15) is 0 Å². The summed E-state index contributed by atoms with van der Waals surface area (Å²) in [6.07, 6.45) is 0.0770. The standard InChI is InChI=1S/C26H32N6O6/c1-17-5-2-3-6-20(17)29-25(37)28-19-9-7-18(8-10-19)15-22(33)31-11-4-12-32(14-13-31)26(38)30-21(24(27)36)16-23(34)35/h2-3,5-10,21H,4,11-16H2,1H3,(H2,27,36)(H,30,38)(H,34,35)(H2,28,29,37). The van der Waals surface area contributed by atoms with Crippen LogP contribution in [0, 0.1) is 6.92 Å². The quantitative estimate of drug-likeness (QED) is 0.352. The number of nitrogens with one attached hydrogen (secondary N) is 3. The Morgan fingerprint density at radius 3 is 2.24 bits per heavy atom. The molecule has 1 saturated heterocycles. The molecule has 2 aromatic carbocycles. The second-order valence-electron chi connectivity index (χ2n) is 8.99. The van der Waals surface area contributed by atoms with Gasteiger partial charge in [0.05, 0.1) is 12.8 Å². The zero-order valence-electron chi connectivity index (χ0n) is 21.1. The number of para-hydroxylation sites is 1. The van der Waals surface area contributed by atoms with Crippen molar-refractivity contribution in [3.05, 3.63) is 59.7 Å². The van der Waals surface area contributed by atoms with Gasteiger partial charge in [-0.05, 0) is 42.7 Å². The van der Waals surface area contributed by atoms with Gasteiger partial charge >= 0.3 is 18.0 Å². The number of rotatable bonds is 8. The fraction of sp³-hybridized carbons (Fsp3) is 0.346. The van der Waals surface area contributed by atoms with Crippen molar-refractivity contribution < 1.29 is 29.1 Å². The number of amides is 6. The monoisotopic (exact) mass is 524 g/mol. The van der Waals surface area contributed by atoms with Crippen LogP contribution in [0.15, 0.2) is 48.5 Å². The van der Waals surface area contributed by atoms with Crippen molar-refractivity contribution in [3.8, 4) is 0 Å². The highest BCUT2D eigenvalue weighted by molar-refractivity contribution is 6.00. The summed E-state index contributed by atoms with van der Waals surface area (Å²) in [7, 11) is 0. The molecule has 2 aromatic rings. The highest BCUT2D eigenvalue weighted by Crippen LogP contribution is 2.16. The van der Waals surface area contributed by atoms with Crippen LogP contribution in [0.4, 0.5) is 21.0 Å². The third-order valence-electron chi connectivity index (χ3n) is 6.12. The maximum atomic E-state index is 12.9. The molecule has 12 heteroatoms. The average Bonchev–Trinajstić information content (AvgIpc) is 3.12. The van der Waals surface area contributed by atoms with Gasteiger partial charge in [-0.15, -0.1) is 0 Å². The largest absolute Gasteiger partial charge is 0.481 e. The van der Waals surface area contributed by atoms with Gasteiger partial charge in [0.15, 0.2) is 0 Å². The van der Waals surface area contributed by atoms with Crippen molar-refractivity contribution in [1.29, 1.82) is 0 Å². The summed E-state index contributed by atoms with van der Waals surface area (Å²) >= 11 is 0. The van der Waals surface area contributed by atoms with Crippen LogP contribution >= 0.6 is 0 Å². The van der Waals surface area contributed by atoms with Crippen LogP contribution in [0.1, 0.15) is 24.0 Å². The molecule has 1 fully saturated rings. The Morgan fingerprint density at radius 1 is 0.921 bits per heavy atom. The molecule has 1 aliphatic heterocycles. The fourth-order valence-electron chi connectivity index (χ4n) is 4.00. The lowest BCUT2D eigenvalue weighted by atomic mass is 10.1. The molecule has 1 heterocycles. The third-order valence-corrected chi connectivity index (χ3v) is 6.12. The Bertz CT molecular complexity index is 1190. The number of hydrogen-bond acceptors (Lipinski definition) is 5. The number of nitrogens with two attached hydrogens (primary N) is 1. The van der Waals surface area contributed by atoms with E-state index in [-0.39, 0.29) is 24.9 Å². The van der Waals surface area contributed by atoms with Crippen molar-refractivity contribution in [3.63, 3.8) is 0 Å². The lowest BCUT2D eigenvalue weighted by molar-refractivity contribution is -0.139. The van der Waals surface area contributed by atoms with E-state index in [9.17, 15) is 24.0 Å². The molecule has 38 heavy (non-hydrogen) atoms. The van der Waals surface area contributed by atoms with E-state index in [0.29, 0.717) is 37.4 Å². The number of carboxylic acid groups (broad SMARTS) is 1. The van der Waals surface area contributed by atoms with Gasteiger partial charge < -0.3 is 36.6 Å². The maximum absolute atomic E-state index is 12.9. The molecule has 12 nitrogen and oxygen atoms in total. The van der Waals surface area contributed by atoms with Gasteiger partial charge in [-0.1, -0.05) is 30.3 Å². The Morgan fingerprint density at radius 2 is 1.58 bits per heavy atom. The third kappa shape index (κ3) is 8.22. The lowest BCUT2D eigenvalue weighted by Crippen LogP contribution is -2.51. The minimum atomic E-state index is -1.31. The van der Waals surface area contributed by atoms with Crippen LogP contribution in [0.3, 0.4) is 0 Å². The summed E-state index contributed by atoms with van der Waals surface area (Å²) in [6.45, 7) is 3.23. The Labute approximate surface area is 220 Å². The van der Waals surface area contributed by atoms with E-state index in [1.807, 2.05) is 31.2 Å². The molecular formula is C26H32N6O6. The highest BCUT2D eigenvalue weighted by Gasteiger charge is 2.26. The van der Waals surface area contributed by atoms with Crippen molar-refractivity contribution in [1.82, 2.24) is 15.1 Å². The first-order valence-electron chi connectivity index (χ1n) is 12.2. The van der Waals surface area contributed by atoms with Crippen LogP contribution in [0.5, 0.6) is 0 Å². The Hall–Kier alpha value is -4.61. The van der Waals surface area contributed by atoms with Gasteiger partial charge in [0.1, 0.15) is 6.04 Å². The first-order valence-corrected chi connectivity index (χ1v) is 12.2. The molecule has 0 radical (unpaired) electrons. The Balaban J connectivity index is 1.48. The van der Waals surface area contributed by atoms with E-state index in [2.05, 4.69) is 16.0 Å². The summed E-state index contributed by atoms with van der Waals surface area (Å²) < 4.78 is 0. The van der Waals surface area contributed by atoms with Gasteiger partial charge in [-0.25, -0.2) is 9.59 Å². The van der Waals surface area contributed by atoms with E-state index in [0.717, 1.165) is 11.1 Å². The predicted molar refractivity (Wildman–Crippen MR) is 141 cm³/mol. The number of aliphatic carboxylic acids is 1. The van der Waals surface area contributed by atoms with Gasteiger partial charge in [0.2, 0.25) is 11.8 Å². The number of urea groups is 2. The number of hydrogen-bond donors (Lipinski definition) is 5. The molecule has 0 aliphatic carbocycles. The van der Waals surface area contributed by atoms with Crippen LogP contribution in [-0.2, 0) is 20.8 Å². The van der Waals surface area contributed by atoms with Crippen molar-refractivity contribution >= 4 is 41.2 Å².